The minimum Gasteiger partial charge on any atom is -0.479 e. The molecular weight excluding hydrogens is 354 g/mol. The third-order valence-electron chi connectivity index (χ3n) is 3.55. The summed E-state index contributed by atoms with van der Waals surface area (Å²) in [6, 6.07) is 7.88. The molecule has 21 heavy (non-hydrogen) atoms. The molecule has 0 saturated heterocycles. The predicted octanol–water partition coefficient (Wildman–Crippen LogP) is 3.33. The van der Waals surface area contributed by atoms with Gasteiger partial charge in [-0.25, -0.2) is 4.79 Å². The molecule has 0 saturated carbocycles. The standard InChI is InChI=1S/C15H12BrNO3S/c16-10-3-1-9(2-4-10)14(18)17-7-5-12-11(6-8-21-12)13(17)15(19)20/h1-4,6,8,13H,5,7H2,(H,19,20). The number of hydrogen-bond acceptors (Lipinski definition) is 3. The van der Waals surface area contributed by atoms with E-state index in [0.717, 1.165) is 14.9 Å². The van der Waals surface area contributed by atoms with Crippen LogP contribution >= 0.6 is 27.3 Å². The maximum absolute atomic E-state index is 12.6. The van der Waals surface area contributed by atoms with E-state index in [4.69, 9.17) is 0 Å². The van der Waals surface area contributed by atoms with Crippen molar-refractivity contribution in [1.82, 2.24) is 4.90 Å². The fraction of sp³-hybridized carbons (Fsp3) is 0.200. The summed E-state index contributed by atoms with van der Waals surface area (Å²) in [5.41, 5.74) is 1.24. The molecule has 1 aromatic heterocycles. The number of fused-ring (bicyclic) bond motifs is 1. The summed E-state index contributed by atoms with van der Waals surface area (Å²) >= 11 is 4.87. The Kier molecular flexibility index (Phi) is 3.82. The van der Waals surface area contributed by atoms with Crippen LogP contribution in [0.1, 0.15) is 26.8 Å². The molecule has 0 spiro atoms. The van der Waals surface area contributed by atoms with E-state index < -0.39 is 12.0 Å². The SMILES string of the molecule is O=C(O)C1c2ccsc2CCN1C(=O)c1ccc(Br)cc1. The van der Waals surface area contributed by atoms with E-state index in [1.165, 1.54) is 4.90 Å². The summed E-state index contributed by atoms with van der Waals surface area (Å²) in [6.07, 6.45) is 0.707. The van der Waals surface area contributed by atoms with Crippen molar-refractivity contribution in [3.63, 3.8) is 0 Å². The molecule has 108 valence electrons. The smallest absolute Gasteiger partial charge is 0.331 e. The molecule has 1 N–H and O–H groups in total. The van der Waals surface area contributed by atoms with Crippen LogP contribution in [-0.4, -0.2) is 28.4 Å². The first-order valence-corrected chi connectivity index (χ1v) is 8.11. The van der Waals surface area contributed by atoms with Crippen molar-refractivity contribution >= 4 is 39.1 Å². The Hall–Kier alpha value is -1.66. The lowest BCUT2D eigenvalue weighted by Crippen LogP contribution is -2.43. The zero-order valence-corrected chi connectivity index (χ0v) is 13.4. The summed E-state index contributed by atoms with van der Waals surface area (Å²) in [4.78, 5) is 26.7. The summed E-state index contributed by atoms with van der Waals surface area (Å²) < 4.78 is 0.882. The van der Waals surface area contributed by atoms with Crippen molar-refractivity contribution in [1.29, 1.82) is 0 Å². The highest BCUT2D eigenvalue weighted by Gasteiger charge is 2.36. The number of rotatable bonds is 2. The van der Waals surface area contributed by atoms with Crippen LogP contribution in [-0.2, 0) is 11.2 Å². The summed E-state index contributed by atoms with van der Waals surface area (Å²) in [7, 11) is 0. The zero-order chi connectivity index (χ0) is 15.0. The van der Waals surface area contributed by atoms with Gasteiger partial charge in [0.1, 0.15) is 0 Å². The van der Waals surface area contributed by atoms with Crippen molar-refractivity contribution in [2.45, 2.75) is 12.5 Å². The van der Waals surface area contributed by atoms with Crippen LogP contribution in [0, 0.1) is 0 Å². The van der Waals surface area contributed by atoms with Gasteiger partial charge in [-0.3, -0.25) is 4.79 Å². The van der Waals surface area contributed by atoms with Gasteiger partial charge in [0.25, 0.3) is 5.91 Å². The molecule has 0 radical (unpaired) electrons. The number of aliphatic carboxylic acids is 1. The van der Waals surface area contributed by atoms with Crippen LogP contribution in [0.3, 0.4) is 0 Å². The molecule has 0 fully saturated rings. The highest BCUT2D eigenvalue weighted by atomic mass is 79.9. The van der Waals surface area contributed by atoms with Gasteiger partial charge in [-0.05, 0) is 47.7 Å². The number of hydrogen-bond donors (Lipinski definition) is 1. The van der Waals surface area contributed by atoms with Gasteiger partial charge in [0, 0.05) is 21.5 Å². The third-order valence-corrected chi connectivity index (χ3v) is 5.08. The van der Waals surface area contributed by atoms with Gasteiger partial charge in [0.2, 0.25) is 0 Å². The van der Waals surface area contributed by atoms with Crippen molar-refractivity contribution in [3.05, 3.63) is 56.2 Å². The Morgan fingerprint density at radius 2 is 1.95 bits per heavy atom. The average molecular weight is 366 g/mol. The van der Waals surface area contributed by atoms with E-state index in [-0.39, 0.29) is 5.91 Å². The topological polar surface area (TPSA) is 57.6 Å². The van der Waals surface area contributed by atoms with Gasteiger partial charge in [0.15, 0.2) is 6.04 Å². The third kappa shape index (κ3) is 2.61. The first-order valence-electron chi connectivity index (χ1n) is 6.43. The molecule has 0 aliphatic carbocycles. The number of halogens is 1. The van der Waals surface area contributed by atoms with Crippen molar-refractivity contribution in [2.24, 2.45) is 0 Å². The minimum atomic E-state index is -0.986. The van der Waals surface area contributed by atoms with E-state index in [2.05, 4.69) is 15.9 Å². The molecule has 1 unspecified atom stereocenters. The van der Waals surface area contributed by atoms with Gasteiger partial charge >= 0.3 is 5.97 Å². The van der Waals surface area contributed by atoms with E-state index in [9.17, 15) is 14.7 Å². The summed E-state index contributed by atoms with van der Waals surface area (Å²) in [5, 5.41) is 11.4. The highest BCUT2D eigenvalue weighted by Crippen LogP contribution is 2.34. The Morgan fingerprint density at radius 1 is 1.24 bits per heavy atom. The molecule has 1 aliphatic rings. The van der Waals surface area contributed by atoms with E-state index in [1.807, 2.05) is 5.38 Å². The zero-order valence-electron chi connectivity index (χ0n) is 11.0. The normalized spacial score (nSPS) is 17.4. The lowest BCUT2D eigenvalue weighted by atomic mass is 9.99. The Balaban J connectivity index is 1.96. The highest BCUT2D eigenvalue weighted by molar-refractivity contribution is 9.10. The molecule has 4 nitrogen and oxygen atoms in total. The number of carbonyl (C=O) groups is 2. The minimum absolute atomic E-state index is 0.244. The lowest BCUT2D eigenvalue weighted by molar-refractivity contribution is -0.142. The number of benzene rings is 1. The first kappa shape index (κ1) is 14.3. The Labute approximate surface area is 134 Å². The number of nitrogens with zero attached hydrogens (tertiary/aromatic N) is 1. The number of carboxylic acids is 1. The molecule has 6 heteroatoms. The van der Waals surface area contributed by atoms with Crippen LogP contribution in [0.15, 0.2) is 40.2 Å². The second-order valence-corrected chi connectivity index (χ2v) is 6.71. The molecule has 1 amide bonds. The largest absolute Gasteiger partial charge is 0.479 e. The second kappa shape index (κ2) is 5.61. The van der Waals surface area contributed by atoms with Crippen LogP contribution in [0.5, 0.6) is 0 Å². The molecule has 0 bridgehead atoms. The van der Waals surface area contributed by atoms with Crippen molar-refractivity contribution in [2.75, 3.05) is 6.54 Å². The molecule has 2 heterocycles. The number of thiophene rings is 1. The fourth-order valence-corrected chi connectivity index (χ4v) is 3.73. The molecule has 2 aromatic rings. The second-order valence-electron chi connectivity index (χ2n) is 4.80. The van der Waals surface area contributed by atoms with Gasteiger partial charge in [-0.2, -0.15) is 0 Å². The maximum atomic E-state index is 12.6. The van der Waals surface area contributed by atoms with Crippen LogP contribution in [0.4, 0.5) is 0 Å². The van der Waals surface area contributed by atoms with Crippen LogP contribution in [0.2, 0.25) is 0 Å². The Bertz CT molecular complexity index is 695. The number of carboxylic acid groups (broad SMARTS) is 1. The van der Waals surface area contributed by atoms with E-state index >= 15 is 0 Å². The van der Waals surface area contributed by atoms with Crippen LogP contribution < -0.4 is 0 Å². The Morgan fingerprint density at radius 3 is 2.62 bits per heavy atom. The van der Waals surface area contributed by atoms with Gasteiger partial charge < -0.3 is 10.0 Å². The molecule has 1 aromatic carbocycles. The van der Waals surface area contributed by atoms with Crippen molar-refractivity contribution in [3.8, 4) is 0 Å². The average Bonchev–Trinajstić information content (AvgIpc) is 2.94. The number of amides is 1. The monoisotopic (exact) mass is 365 g/mol. The van der Waals surface area contributed by atoms with Crippen molar-refractivity contribution < 1.29 is 14.7 Å². The van der Waals surface area contributed by atoms with Crippen LogP contribution in [0.25, 0.3) is 0 Å². The molecule has 1 atom stereocenters. The predicted molar refractivity (Wildman–Crippen MR) is 83.6 cm³/mol. The summed E-state index contributed by atoms with van der Waals surface area (Å²) in [5.74, 6) is -1.23. The molecular formula is C15H12BrNO3S. The van der Waals surface area contributed by atoms with E-state index in [0.29, 0.717) is 18.5 Å². The number of carbonyl (C=O) groups excluding carboxylic acids is 1. The molecule has 3 rings (SSSR count). The maximum Gasteiger partial charge on any atom is 0.331 e. The lowest BCUT2D eigenvalue weighted by Gasteiger charge is -2.33. The summed E-state index contributed by atoms with van der Waals surface area (Å²) in [6.45, 7) is 0.430. The van der Waals surface area contributed by atoms with Gasteiger partial charge in [-0.15, -0.1) is 11.3 Å². The van der Waals surface area contributed by atoms with E-state index in [1.54, 1.807) is 41.7 Å². The van der Waals surface area contributed by atoms with Gasteiger partial charge in [0.05, 0.1) is 0 Å². The first-order chi connectivity index (χ1) is 10.1. The molecule has 1 aliphatic heterocycles. The van der Waals surface area contributed by atoms with Gasteiger partial charge in [-0.1, -0.05) is 15.9 Å². The quantitative estimate of drug-likeness (QED) is 0.887. The fourth-order valence-electron chi connectivity index (χ4n) is 2.56.